The lowest BCUT2D eigenvalue weighted by molar-refractivity contribution is 0.271. The fourth-order valence-corrected chi connectivity index (χ4v) is 5.69. The molecule has 1 aliphatic heterocycles. The summed E-state index contributed by atoms with van der Waals surface area (Å²) >= 11 is 1.33. The number of thiazole rings is 1. The normalized spacial score (nSPS) is 14.4. The van der Waals surface area contributed by atoms with E-state index in [4.69, 9.17) is 9.97 Å². The number of hydrogen-bond donors (Lipinski definition) is 0. The SMILES string of the molecule is CCc1nc2c(C)cc(N3CCN(CC)CC3)cn2c1N(C)c1nc(-c2ccc(F)cc2)c(C#N)s1. The maximum Gasteiger partial charge on any atom is 0.192 e. The van der Waals surface area contributed by atoms with Crippen molar-refractivity contribution in [2.24, 2.45) is 0 Å². The summed E-state index contributed by atoms with van der Waals surface area (Å²) in [5.74, 6) is 0.638. The maximum atomic E-state index is 13.5. The van der Waals surface area contributed by atoms with Gasteiger partial charge >= 0.3 is 0 Å². The first-order valence-electron chi connectivity index (χ1n) is 12.3. The average Bonchev–Trinajstić information content (AvgIpc) is 3.51. The summed E-state index contributed by atoms with van der Waals surface area (Å²) in [7, 11) is 1.97. The van der Waals surface area contributed by atoms with E-state index in [0.29, 0.717) is 15.7 Å². The molecule has 3 aromatic heterocycles. The smallest absolute Gasteiger partial charge is 0.192 e. The summed E-state index contributed by atoms with van der Waals surface area (Å²) in [4.78, 5) is 17.2. The molecule has 0 N–H and O–H groups in total. The molecule has 4 heterocycles. The Morgan fingerprint density at radius 3 is 2.47 bits per heavy atom. The Balaban J connectivity index is 1.57. The highest BCUT2D eigenvalue weighted by Gasteiger charge is 2.24. The monoisotopic (exact) mass is 503 g/mol. The number of aromatic nitrogens is 3. The zero-order valence-electron chi connectivity index (χ0n) is 21.1. The Kier molecular flexibility index (Phi) is 6.65. The maximum absolute atomic E-state index is 13.5. The number of nitrogens with zero attached hydrogens (tertiary/aromatic N) is 7. The van der Waals surface area contributed by atoms with Crippen LogP contribution < -0.4 is 9.80 Å². The highest BCUT2D eigenvalue weighted by atomic mass is 32.1. The van der Waals surface area contributed by atoms with Gasteiger partial charge in [-0.15, -0.1) is 0 Å². The van der Waals surface area contributed by atoms with Gasteiger partial charge in [0.1, 0.15) is 33.9 Å². The molecule has 0 atom stereocenters. The Morgan fingerprint density at radius 1 is 1.11 bits per heavy atom. The molecular weight excluding hydrogens is 473 g/mol. The molecule has 0 bridgehead atoms. The molecule has 7 nitrogen and oxygen atoms in total. The highest BCUT2D eigenvalue weighted by Crippen LogP contribution is 2.37. The number of benzene rings is 1. The van der Waals surface area contributed by atoms with Crippen LogP contribution >= 0.6 is 11.3 Å². The zero-order valence-corrected chi connectivity index (χ0v) is 21.9. The zero-order chi connectivity index (χ0) is 25.4. The van der Waals surface area contributed by atoms with Crippen molar-refractivity contribution in [3.05, 3.63) is 58.5 Å². The number of piperazine rings is 1. The minimum Gasteiger partial charge on any atom is -0.368 e. The van der Waals surface area contributed by atoms with Crippen LogP contribution in [0.2, 0.25) is 0 Å². The third kappa shape index (κ3) is 4.31. The Hall–Kier alpha value is -3.48. The molecule has 186 valence electrons. The molecule has 0 unspecified atom stereocenters. The van der Waals surface area contributed by atoms with Crippen LogP contribution in [0.15, 0.2) is 36.5 Å². The molecule has 0 saturated carbocycles. The van der Waals surface area contributed by atoms with Gasteiger partial charge in [0.25, 0.3) is 0 Å². The number of rotatable bonds is 6. The topological polar surface area (TPSA) is 63.7 Å². The van der Waals surface area contributed by atoms with Gasteiger partial charge in [0, 0.05) is 45.0 Å². The average molecular weight is 504 g/mol. The van der Waals surface area contributed by atoms with Crippen molar-refractivity contribution in [3.8, 4) is 17.3 Å². The van der Waals surface area contributed by atoms with Crippen LogP contribution in [0.3, 0.4) is 0 Å². The van der Waals surface area contributed by atoms with E-state index in [-0.39, 0.29) is 5.82 Å². The van der Waals surface area contributed by atoms with Gasteiger partial charge in [-0.2, -0.15) is 5.26 Å². The molecule has 1 fully saturated rings. The van der Waals surface area contributed by atoms with Crippen molar-refractivity contribution < 1.29 is 4.39 Å². The summed E-state index contributed by atoms with van der Waals surface area (Å²) in [5.41, 5.74) is 5.52. The number of anilines is 3. The number of pyridine rings is 1. The van der Waals surface area contributed by atoms with Crippen LogP contribution in [-0.2, 0) is 6.42 Å². The van der Waals surface area contributed by atoms with E-state index in [2.05, 4.69) is 53.3 Å². The summed E-state index contributed by atoms with van der Waals surface area (Å²) in [6.45, 7) is 11.6. The van der Waals surface area contributed by atoms with E-state index < -0.39 is 0 Å². The van der Waals surface area contributed by atoms with Gasteiger partial charge in [-0.3, -0.25) is 4.40 Å². The molecular formula is C27H30FN7S. The summed E-state index contributed by atoms with van der Waals surface area (Å²) in [5, 5.41) is 10.5. The number of hydrogen-bond acceptors (Lipinski definition) is 7. The molecule has 0 amide bonds. The third-order valence-electron chi connectivity index (χ3n) is 6.89. The summed E-state index contributed by atoms with van der Waals surface area (Å²) in [6.07, 6.45) is 2.95. The van der Waals surface area contributed by atoms with Crippen LogP contribution in [-0.4, -0.2) is 59.0 Å². The van der Waals surface area contributed by atoms with E-state index in [9.17, 15) is 9.65 Å². The molecule has 1 aromatic carbocycles. The third-order valence-corrected chi connectivity index (χ3v) is 7.93. The van der Waals surface area contributed by atoms with Crippen LogP contribution in [0.5, 0.6) is 0 Å². The lowest BCUT2D eigenvalue weighted by Crippen LogP contribution is -2.46. The first-order valence-corrected chi connectivity index (χ1v) is 13.1. The lowest BCUT2D eigenvalue weighted by Gasteiger charge is -2.35. The van der Waals surface area contributed by atoms with Crippen molar-refractivity contribution >= 4 is 33.6 Å². The van der Waals surface area contributed by atoms with Crippen molar-refractivity contribution in [2.45, 2.75) is 27.2 Å². The predicted octanol–water partition coefficient (Wildman–Crippen LogP) is 5.25. The van der Waals surface area contributed by atoms with E-state index >= 15 is 0 Å². The fourth-order valence-electron chi connectivity index (χ4n) is 4.84. The first kappa shape index (κ1) is 24.2. The summed E-state index contributed by atoms with van der Waals surface area (Å²) in [6, 6.07) is 10.6. The number of imidazole rings is 1. The molecule has 36 heavy (non-hydrogen) atoms. The number of aryl methyl sites for hydroxylation is 2. The minimum absolute atomic E-state index is 0.314. The van der Waals surface area contributed by atoms with Gasteiger partial charge in [-0.25, -0.2) is 14.4 Å². The van der Waals surface area contributed by atoms with Gasteiger partial charge in [0.05, 0.1) is 11.4 Å². The Morgan fingerprint density at radius 2 is 1.83 bits per heavy atom. The first-order chi connectivity index (χ1) is 17.4. The van der Waals surface area contributed by atoms with Crippen LogP contribution in [0.1, 0.15) is 30.0 Å². The molecule has 5 rings (SSSR count). The molecule has 9 heteroatoms. The van der Waals surface area contributed by atoms with Gasteiger partial charge in [-0.05, 0) is 55.8 Å². The molecule has 0 spiro atoms. The second-order valence-corrected chi connectivity index (χ2v) is 10.1. The summed E-state index contributed by atoms with van der Waals surface area (Å²) < 4.78 is 15.6. The highest BCUT2D eigenvalue weighted by molar-refractivity contribution is 7.16. The van der Waals surface area contributed by atoms with Gasteiger partial charge in [-0.1, -0.05) is 25.2 Å². The van der Waals surface area contributed by atoms with Gasteiger partial charge in [0.2, 0.25) is 0 Å². The Labute approximate surface area is 215 Å². The van der Waals surface area contributed by atoms with Gasteiger partial charge < -0.3 is 14.7 Å². The largest absolute Gasteiger partial charge is 0.368 e. The molecule has 1 aliphatic rings. The fraction of sp³-hybridized carbons (Fsp3) is 0.370. The van der Waals surface area contributed by atoms with E-state index in [1.807, 2.05) is 11.9 Å². The molecule has 0 radical (unpaired) electrons. The quantitative estimate of drug-likeness (QED) is 0.358. The predicted molar refractivity (Wildman–Crippen MR) is 144 cm³/mol. The van der Waals surface area contributed by atoms with E-state index in [1.165, 1.54) is 29.2 Å². The number of nitriles is 1. The number of likely N-dealkylation sites (N-methyl/N-ethyl adjacent to an activating group) is 1. The van der Waals surface area contributed by atoms with Gasteiger partial charge in [0.15, 0.2) is 5.13 Å². The number of fused-ring (bicyclic) bond motifs is 1. The molecule has 4 aromatic rings. The number of halogens is 1. The van der Waals surface area contributed by atoms with Crippen molar-refractivity contribution in [3.63, 3.8) is 0 Å². The molecule has 0 aliphatic carbocycles. The second-order valence-electron chi connectivity index (χ2n) is 9.08. The van der Waals surface area contributed by atoms with Crippen molar-refractivity contribution in [1.82, 2.24) is 19.3 Å². The van der Waals surface area contributed by atoms with Crippen LogP contribution in [0.25, 0.3) is 16.9 Å². The van der Waals surface area contributed by atoms with Crippen LogP contribution in [0, 0.1) is 24.1 Å². The minimum atomic E-state index is -0.314. The van der Waals surface area contributed by atoms with E-state index in [0.717, 1.165) is 67.4 Å². The standard InChI is InChI=1S/C27H30FN7S/c1-5-22-26(32(4)27-31-24(23(16-29)36-27)19-7-9-20(28)10-8-19)35-17-21(15-18(3)25(35)30-22)34-13-11-33(6-2)12-14-34/h7-10,15,17H,5-6,11-14H2,1-4H3. The Bertz CT molecular complexity index is 1430. The van der Waals surface area contributed by atoms with Crippen molar-refractivity contribution in [1.29, 1.82) is 5.26 Å². The van der Waals surface area contributed by atoms with E-state index in [1.54, 1.807) is 12.1 Å². The second kappa shape index (κ2) is 9.88. The molecule has 1 saturated heterocycles. The lowest BCUT2D eigenvalue weighted by atomic mass is 10.1. The van der Waals surface area contributed by atoms with Crippen LogP contribution in [0.4, 0.5) is 21.0 Å². The van der Waals surface area contributed by atoms with Crippen molar-refractivity contribution in [2.75, 3.05) is 49.6 Å².